The van der Waals surface area contributed by atoms with Crippen LogP contribution in [0.2, 0.25) is 0 Å². The molecular weight excluding hydrogens is 268 g/mol. The highest BCUT2D eigenvalue weighted by atomic mass is 16.5. The summed E-state index contributed by atoms with van der Waals surface area (Å²) in [5, 5.41) is 3.37. The van der Waals surface area contributed by atoms with Gasteiger partial charge in [-0.05, 0) is 19.9 Å². The molecule has 6 nitrogen and oxygen atoms in total. The van der Waals surface area contributed by atoms with Gasteiger partial charge in [-0.3, -0.25) is 0 Å². The minimum absolute atomic E-state index is 0.263. The molecule has 0 bridgehead atoms. The van der Waals surface area contributed by atoms with Crippen LogP contribution in [0.25, 0.3) is 0 Å². The number of morpholine rings is 1. The Labute approximate surface area is 126 Å². The Bertz CT molecular complexity index is 442. The van der Waals surface area contributed by atoms with Crippen LogP contribution in [-0.4, -0.2) is 55.5 Å². The largest absolute Gasteiger partial charge is 0.478 e. The molecule has 1 atom stereocenters. The van der Waals surface area contributed by atoms with Crippen molar-refractivity contribution in [1.29, 1.82) is 0 Å². The van der Waals surface area contributed by atoms with Crippen molar-refractivity contribution in [1.82, 2.24) is 15.3 Å². The van der Waals surface area contributed by atoms with Gasteiger partial charge >= 0.3 is 0 Å². The van der Waals surface area contributed by atoms with E-state index in [9.17, 15) is 0 Å². The molecule has 6 heteroatoms. The lowest BCUT2D eigenvalue weighted by atomic mass is 10.2. The van der Waals surface area contributed by atoms with E-state index in [1.165, 1.54) is 0 Å². The van der Waals surface area contributed by atoms with Crippen molar-refractivity contribution in [2.75, 3.05) is 44.4 Å². The first-order valence-electron chi connectivity index (χ1n) is 7.78. The fourth-order valence-corrected chi connectivity index (χ4v) is 2.33. The van der Waals surface area contributed by atoms with Gasteiger partial charge < -0.3 is 19.7 Å². The summed E-state index contributed by atoms with van der Waals surface area (Å²) < 4.78 is 11.2. The number of nitrogens with one attached hydrogen (secondary N) is 1. The highest BCUT2D eigenvalue weighted by Crippen LogP contribution is 2.19. The second kappa shape index (κ2) is 8.14. The summed E-state index contributed by atoms with van der Waals surface area (Å²) >= 11 is 0. The fourth-order valence-electron chi connectivity index (χ4n) is 2.33. The van der Waals surface area contributed by atoms with Crippen LogP contribution in [0.15, 0.2) is 6.07 Å². The molecule has 1 saturated heterocycles. The fraction of sp³-hybridized carbons (Fsp3) is 0.733. The molecule has 1 fully saturated rings. The summed E-state index contributed by atoms with van der Waals surface area (Å²) in [5.74, 6) is 1.40. The normalized spacial score (nSPS) is 18.8. The van der Waals surface area contributed by atoms with E-state index in [2.05, 4.69) is 34.0 Å². The Balaban J connectivity index is 2.14. The average Bonchev–Trinajstić information content (AvgIpc) is 2.50. The molecule has 0 amide bonds. The van der Waals surface area contributed by atoms with Crippen LogP contribution in [0.4, 0.5) is 5.95 Å². The maximum Gasteiger partial charge on any atom is 0.229 e. The Morgan fingerprint density at radius 2 is 2.29 bits per heavy atom. The number of hydrogen-bond donors (Lipinski definition) is 1. The summed E-state index contributed by atoms with van der Waals surface area (Å²) in [7, 11) is 0. The number of nitrogens with zero attached hydrogens (tertiary/aromatic N) is 3. The second-order valence-electron chi connectivity index (χ2n) is 5.23. The van der Waals surface area contributed by atoms with Crippen LogP contribution in [-0.2, 0) is 4.74 Å². The molecule has 2 heterocycles. The van der Waals surface area contributed by atoms with Gasteiger partial charge in [0.05, 0.1) is 25.9 Å². The van der Waals surface area contributed by atoms with E-state index < -0.39 is 0 Å². The number of anilines is 1. The summed E-state index contributed by atoms with van der Waals surface area (Å²) in [6.07, 6.45) is 0.971. The van der Waals surface area contributed by atoms with E-state index in [4.69, 9.17) is 9.47 Å². The smallest absolute Gasteiger partial charge is 0.229 e. The first-order valence-corrected chi connectivity index (χ1v) is 7.78. The van der Waals surface area contributed by atoms with Crippen LogP contribution in [0.1, 0.15) is 26.0 Å². The van der Waals surface area contributed by atoms with E-state index in [1.807, 2.05) is 13.0 Å². The van der Waals surface area contributed by atoms with Gasteiger partial charge in [0.25, 0.3) is 0 Å². The molecule has 1 aliphatic rings. The van der Waals surface area contributed by atoms with Crippen LogP contribution >= 0.6 is 0 Å². The van der Waals surface area contributed by atoms with Crippen molar-refractivity contribution < 1.29 is 9.47 Å². The Morgan fingerprint density at radius 1 is 1.43 bits per heavy atom. The third kappa shape index (κ3) is 4.54. The topological polar surface area (TPSA) is 59.5 Å². The monoisotopic (exact) mass is 294 g/mol. The molecule has 1 N–H and O–H groups in total. The first kappa shape index (κ1) is 16.0. The first-order chi connectivity index (χ1) is 10.2. The molecule has 0 aromatic carbocycles. The van der Waals surface area contributed by atoms with Gasteiger partial charge in [0.1, 0.15) is 0 Å². The molecule has 1 aliphatic heterocycles. The highest BCUT2D eigenvalue weighted by Gasteiger charge is 2.25. The predicted molar refractivity (Wildman–Crippen MR) is 83.1 cm³/mol. The Kier molecular flexibility index (Phi) is 6.20. The van der Waals surface area contributed by atoms with Crippen LogP contribution < -0.4 is 15.0 Å². The molecule has 1 aromatic rings. The summed E-state index contributed by atoms with van der Waals surface area (Å²) in [6.45, 7) is 10.9. The van der Waals surface area contributed by atoms with Gasteiger partial charge in [0.2, 0.25) is 11.8 Å². The Morgan fingerprint density at radius 3 is 3.05 bits per heavy atom. The van der Waals surface area contributed by atoms with Gasteiger partial charge in [-0.15, -0.1) is 0 Å². The zero-order valence-corrected chi connectivity index (χ0v) is 13.3. The van der Waals surface area contributed by atoms with Gasteiger partial charge in [-0.2, -0.15) is 4.98 Å². The molecule has 0 aliphatic carbocycles. The molecule has 2 rings (SSSR count). The molecular formula is C15H26N4O2. The van der Waals surface area contributed by atoms with Crippen molar-refractivity contribution in [2.24, 2.45) is 0 Å². The maximum absolute atomic E-state index is 5.66. The number of aryl methyl sites for hydroxylation is 1. The summed E-state index contributed by atoms with van der Waals surface area (Å²) in [5.41, 5.74) is 0.930. The molecule has 1 aromatic heterocycles. The van der Waals surface area contributed by atoms with E-state index in [0.717, 1.165) is 37.7 Å². The van der Waals surface area contributed by atoms with E-state index in [-0.39, 0.29) is 6.04 Å². The number of likely N-dealkylation sites (N-methyl/N-ethyl adjacent to an activating group) is 1. The van der Waals surface area contributed by atoms with Gasteiger partial charge in [0, 0.05) is 24.8 Å². The van der Waals surface area contributed by atoms with E-state index in [1.54, 1.807) is 0 Å². The zero-order valence-electron chi connectivity index (χ0n) is 13.3. The average molecular weight is 294 g/mol. The minimum Gasteiger partial charge on any atom is -0.478 e. The number of ether oxygens (including phenoxy) is 2. The van der Waals surface area contributed by atoms with Crippen molar-refractivity contribution in [3.05, 3.63) is 11.8 Å². The zero-order chi connectivity index (χ0) is 15.1. The van der Waals surface area contributed by atoms with E-state index in [0.29, 0.717) is 25.7 Å². The molecule has 0 radical (unpaired) electrons. The van der Waals surface area contributed by atoms with Gasteiger partial charge in [-0.25, -0.2) is 4.98 Å². The third-order valence-corrected chi connectivity index (χ3v) is 3.39. The molecule has 118 valence electrons. The number of aromatic nitrogens is 2. The second-order valence-corrected chi connectivity index (χ2v) is 5.23. The molecule has 21 heavy (non-hydrogen) atoms. The molecule has 0 spiro atoms. The minimum atomic E-state index is 0.263. The number of hydrogen-bond acceptors (Lipinski definition) is 6. The van der Waals surface area contributed by atoms with Crippen molar-refractivity contribution in [3.63, 3.8) is 0 Å². The van der Waals surface area contributed by atoms with Crippen molar-refractivity contribution >= 4 is 5.95 Å². The SMILES string of the molecule is CCCOc1cc(C)nc(N2CCOCC2CNCC)n1. The van der Waals surface area contributed by atoms with E-state index >= 15 is 0 Å². The summed E-state index contributed by atoms with van der Waals surface area (Å²) in [6, 6.07) is 2.15. The molecule has 1 unspecified atom stereocenters. The van der Waals surface area contributed by atoms with Crippen LogP contribution in [0.5, 0.6) is 5.88 Å². The standard InChI is InChI=1S/C15H26N4O2/c1-4-7-21-14-9-12(3)17-15(18-14)19-6-8-20-11-13(19)10-16-5-2/h9,13,16H,4-8,10-11H2,1-3H3. The molecule has 0 saturated carbocycles. The quantitative estimate of drug-likeness (QED) is 0.820. The third-order valence-electron chi connectivity index (χ3n) is 3.39. The van der Waals surface area contributed by atoms with Crippen LogP contribution in [0.3, 0.4) is 0 Å². The lowest BCUT2D eigenvalue weighted by molar-refractivity contribution is 0.0929. The maximum atomic E-state index is 5.66. The van der Waals surface area contributed by atoms with Gasteiger partial charge in [-0.1, -0.05) is 13.8 Å². The lowest BCUT2D eigenvalue weighted by Crippen LogP contribution is -2.51. The predicted octanol–water partition coefficient (Wildman–Crippen LogP) is 1.39. The van der Waals surface area contributed by atoms with Gasteiger partial charge in [0.15, 0.2) is 0 Å². The summed E-state index contributed by atoms with van der Waals surface area (Å²) in [4.78, 5) is 11.4. The Hall–Kier alpha value is -1.40. The van der Waals surface area contributed by atoms with Crippen molar-refractivity contribution in [2.45, 2.75) is 33.2 Å². The highest BCUT2D eigenvalue weighted by molar-refractivity contribution is 5.36. The number of rotatable bonds is 7. The van der Waals surface area contributed by atoms with Crippen molar-refractivity contribution in [3.8, 4) is 5.88 Å². The lowest BCUT2D eigenvalue weighted by Gasteiger charge is -2.35. The van der Waals surface area contributed by atoms with Crippen LogP contribution in [0, 0.1) is 6.92 Å².